The highest BCUT2D eigenvalue weighted by Crippen LogP contribution is 2.24. The summed E-state index contributed by atoms with van der Waals surface area (Å²) < 4.78 is 11.2. The van der Waals surface area contributed by atoms with Crippen molar-refractivity contribution in [2.45, 2.75) is 44.2 Å². The van der Waals surface area contributed by atoms with Crippen LogP contribution < -0.4 is 10.6 Å². The highest BCUT2D eigenvalue weighted by Gasteiger charge is 2.26. The van der Waals surface area contributed by atoms with Crippen molar-refractivity contribution in [3.05, 3.63) is 81.7 Å². The molecule has 1 aliphatic rings. The summed E-state index contributed by atoms with van der Waals surface area (Å²) in [7, 11) is 0. The van der Waals surface area contributed by atoms with E-state index in [0.717, 1.165) is 36.6 Å². The standard InChI is InChI=1S/C25H22Cl2N4O4/c26-16-3-1-14(2-4-16)11-22-30-31-25(35-22)24(33)29-19-8-6-18(7-9-19)28-23(32)21-13-15-12-17(27)5-10-20(15)34-21/h1-5,10,12-13,18-19H,6-9,11H2,(H,28,32)(H,29,33)/t18-,19-. The molecule has 0 spiro atoms. The number of fused-ring (bicyclic) bond motifs is 1. The van der Waals surface area contributed by atoms with Crippen LogP contribution in [0.5, 0.6) is 0 Å². The maximum atomic E-state index is 12.6. The Hall–Kier alpha value is -3.36. The Morgan fingerprint density at radius 2 is 1.49 bits per heavy atom. The minimum Gasteiger partial charge on any atom is -0.451 e. The smallest absolute Gasteiger partial charge is 0.309 e. The first-order valence-corrected chi connectivity index (χ1v) is 12.1. The first kappa shape index (κ1) is 23.4. The second-order valence-electron chi connectivity index (χ2n) is 8.59. The van der Waals surface area contributed by atoms with E-state index in [1.54, 1.807) is 36.4 Å². The van der Waals surface area contributed by atoms with Crippen molar-refractivity contribution < 1.29 is 18.4 Å². The monoisotopic (exact) mass is 512 g/mol. The lowest BCUT2D eigenvalue weighted by atomic mass is 9.91. The lowest BCUT2D eigenvalue weighted by Crippen LogP contribution is -2.43. The fourth-order valence-corrected chi connectivity index (χ4v) is 4.51. The van der Waals surface area contributed by atoms with Crippen molar-refractivity contribution in [2.24, 2.45) is 0 Å². The summed E-state index contributed by atoms with van der Waals surface area (Å²) in [4.78, 5) is 25.2. The van der Waals surface area contributed by atoms with Crippen molar-refractivity contribution in [3.8, 4) is 0 Å². The minimum atomic E-state index is -0.395. The van der Waals surface area contributed by atoms with Gasteiger partial charge in [0.1, 0.15) is 5.58 Å². The second-order valence-corrected chi connectivity index (χ2v) is 9.47. The molecule has 0 radical (unpaired) electrons. The number of halogens is 2. The summed E-state index contributed by atoms with van der Waals surface area (Å²) in [6, 6.07) is 14.2. The molecular weight excluding hydrogens is 491 g/mol. The number of carbonyl (C=O) groups is 2. The third kappa shape index (κ3) is 5.66. The summed E-state index contributed by atoms with van der Waals surface area (Å²) >= 11 is 11.9. The summed E-state index contributed by atoms with van der Waals surface area (Å²) in [6.45, 7) is 0. The first-order chi connectivity index (χ1) is 16.9. The number of rotatable bonds is 6. The van der Waals surface area contributed by atoms with E-state index in [0.29, 0.717) is 27.9 Å². The molecule has 4 aromatic rings. The average molecular weight is 513 g/mol. The van der Waals surface area contributed by atoms with Crippen molar-refractivity contribution in [2.75, 3.05) is 0 Å². The van der Waals surface area contributed by atoms with E-state index in [-0.39, 0.29) is 29.6 Å². The molecule has 1 saturated carbocycles. The normalized spacial score (nSPS) is 17.9. The summed E-state index contributed by atoms with van der Waals surface area (Å²) in [5.41, 5.74) is 1.57. The van der Waals surface area contributed by atoms with Crippen LogP contribution in [0.2, 0.25) is 10.0 Å². The minimum absolute atomic E-state index is 0.00170. The van der Waals surface area contributed by atoms with Gasteiger partial charge >= 0.3 is 11.8 Å². The molecule has 0 saturated heterocycles. The Morgan fingerprint density at radius 3 is 2.20 bits per heavy atom. The zero-order valence-corrected chi connectivity index (χ0v) is 20.1. The van der Waals surface area contributed by atoms with Gasteiger partial charge in [-0.1, -0.05) is 35.3 Å². The fraction of sp³-hybridized carbons (Fsp3) is 0.280. The van der Waals surface area contributed by atoms with Crippen molar-refractivity contribution in [1.82, 2.24) is 20.8 Å². The SMILES string of the molecule is O=C(N[C@H]1CC[C@H](NC(=O)c2nnc(Cc3ccc(Cl)cc3)o2)CC1)c1cc2cc(Cl)ccc2o1. The highest BCUT2D eigenvalue weighted by molar-refractivity contribution is 6.31. The molecule has 0 aliphatic heterocycles. The third-order valence-electron chi connectivity index (χ3n) is 6.03. The number of nitrogens with one attached hydrogen (secondary N) is 2. The predicted molar refractivity (Wildman–Crippen MR) is 131 cm³/mol. The van der Waals surface area contributed by atoms with Gasteiger partial charge < -0.3 is 19.5 Å². The molecule has 2 N–H and O–H groups in total. The Bertz CT molecular complexity index is 1360. The molecule has 2 aromatic carbocycles. The maximum Gasteiger partial charge on any atom is 0.309 e. The quantitative estimate of drug-likeness (QED) is 0.368. The molecule has 35 heavy (non-hydrogen) atoms. The molecule has 0 atom stereocenters. The van der Waals surface area contributed by atoms with Gasteiger partial charge in [0.2, 0.25) is 5.89 Å². The van der Waals surface area contributed by atoms with Crippen LogP contribution >= 0.6 is 23.2 Å². The molecule has 0 bridgehead atoms. The van der Waals surface area contributed by atoms with E-state index < -0.39 is 5.91 Å². The molecule has 2 heterocycles. The number of carbonyl (C=O) groups excluding carboxylic acids is 2. The number of nitrogens with zero attached hydrogens (tertiary/aromatic N) is 2. The van der Waals surface area contributed by atoms with Gasteiger partial charge in [-0.25, -0.2) is 0 Å². The lowest BCUT2D eigenvalue weighted by Gasteiger charge is -2.29. The topological polar surface area (TPSA) is 110 Å². The van der Waals surface area contributed by atoms with E-state index in [2.05, 4.69) is 20.8 Å². The zero-order chi connectivity index (χ0) is 24.4. The molecule has 8 nitrogen and oxygen atoms in total. The van der Waals surface area contributed by atoms with Crippen molar-refractivity contribution in [1.29, 1.82) is 0 Å². The van der Waals surface area contributed by atoms with E-state index >= 15 is 0 Å². The molecule has 180 valence electrons. The number of hydrogen-bond donors (Lipinski definition) is 2. The van der Waals surface area contributed by atoms with E-state index in [4.69, 9.17) is 32.0 Å². The van der Waals surface area contributed by atoms with Gasteiger partial charge in [-0.3, -0.25) is 9.59 Å². The molecule has 2 amide bonds. The first-order valence-electron chi connectivity index (χ1n) is 11.3. The van der Waals surface area contributed by atoms with E-state index in [1.165, 1.54) is 0 Å². The Kier molecular flexibility index (Phi) is 6.74. The molecule has 0 unspecified atom stereocenters. The van der Waals surface area contributed by atoms with E-state index in [1.807, 2.05) is 12.1 Å². The van der Waals surface area contributed by atoms with Gasteiger partial charge in [0.25, 0.3) is 5.91 Å². The van der Waals surface area contributed by atoms with Crippen LogP contribution in [-0.4, -0.2) is 34.1 Å². The molecule has 1 fully saturated rings. The molecule has 2 aromatic heterocycles. The van der Waals surface area contributed by atoms with E-state index in [9.17, 15) is 9.59 Å². The summed E-state index contributed by atoms with van der Waals surface area (Å²) in [6.07, 6.45) is 3.32. The highest BCUT2D eigenvalue weighted by atomic mass is 35.5. The number of benzene rings is 2. The van der Waals surface area contributed by atoms with Gasteiger partial charge in [0, 0.05) is 27.5 Å². The van der Waals surface area contributed by atoms with Gasteiger partial charge in [-0.2, -0.15) is 0 Å². The van der Waals surface area contributed by atoms with Crippen LogP contribution in [0, 0.1) is 0 Å². The fourth-order valence-electron chi connectivity index (χ4n) is 4.21. The predicted octanol–water partition coefficient (Wildman–Crippen LogP) is 5.18. The van der Waals surface area contributed by atoms with Crippen LogP contribution in [0.4, 0.5) is 0 Å². The zero-order valence-electron chi connectivity index (χ0n) is 18.6. The largest absolute Gasteiger partial charge is 0.451 e. The Balaban J connectivity index is 1.10. The van der Waals surface area contributed by atoms with Gasteiger partial charge in [0.15, 0.2) is 5.76 Å². The number of hydrogen-bond acceptors (Lipinski definition) is 6. The molecular formula is C25H22Cl2N4O4. The van der Waals surface area contributed by atoms with Gasteiger partial charge in [-0.15, -0.1) is 10.2 Å². The van der Waals surface area contributed by atoms with Crippen LogP contribution in [-0.2, 0) is 6.42 Å². The van der Waals surface area contributed by atoms with Crippen LogP contribution in [0.15, 0.2) is 57.4 Å². The maximum absolute atomic E-state index is 12.6. The summed E-state index contributed by atoms with van der Waals surface area (Å²) in [5, 5.41) is 15.8. The number of aromatic nitrogens is 2. The average Bonchev–Trinajstić information content (AvgIpc) is 3.49. The van der Waals surface area contributed by atoms with Gasteiger partial charge in [0.05, 0.1) is 6.42 Å². The third-order valence-corrected chi connectivity index (χ3v) is 6.52. The van der Waals surface area contributed by atoms with Crippen LogP contribution in [0.25, 0.3) is 11.0 Å². The van der Waals surface area contributed by atoms with Crippen LogP contribution in [0.1, 0.15) is 58.4 Å². The lowest BCUT2D eigenvalue weighted by molar-refractivity contribution is 0.0860. The van der Waals surface area contributed by atoms with Crippen LogP contribution in [0.3, 0.4) is 0 Å². The van der Waals surface area contributed by atoms with Crippen molar-refractivity contribution >= 4 is 46.0 Å². The molecule has 5 rings (SSSR count). The summed E-state index contributed by atoms with van der Waals surface area (Å²) in [5.74, 6) is -0.105. The number of furan rings is 1. The number of amides is 2. The van der Waals surface area contributed by atoms with Crippen molar-refractivity contribution in [3.63, 3.8) is 0 Å². The molecule has 10 heteroatoms. The second kappa shape index (κ2) is 10.1. The Morgan fingerprint density at radius 1 is 0.829 bits per heavy atom. The Labute approximate surface area is 211 Å². The van der Waals surface area contributed by atoms with Gasteiger partial charge in [-0.05, 0) is 67.6 Å². The molecule has 1 aliphatic carbocycles.